The number of para-hydroxylation sites is 1. The van der Waals surface area contributed by atoms with E-state index >= 15 is 0 Å². The molecule has 0 bridgehead atoms. The Hall–Kier alpha value is -3.96. The molecule has 0 radical (unpaired) electrons. The quantitative estimate of drug-likeness (QED) is 0.565. The van der Waals surface area contributed by atoms with Gasteiger partial charge in [-0.3, -0.25) is 4.98 Å². The van der Waals surface area contributed by atoms with Crippen LogP contribution in [0.5, 0.6) is 0 Å². The van der Waals surface area contributed by atoms with E-state index in [1.54, 1.807) is 36.8 Å². The zero-order valence-electron chi connectivity index (χ0n) is 18.4. The highest BCUT2D eigenvalue weighted by Crippen LogP contribution is 2.34. The number of fused-ring (bicyclic) bond motifs is 1. The SMILES string of the molecule is N#Cc1cccc(N(CC2CC=CN=C2N2CCS(=O)(=O)c3ccccc32)c2cccnc2)c1. The lowest BCUT2D eigenvalue weighted by atomic mass is 9.98. The van der Waals surface area contributed by atoms with Crippen LogP contribution in [0, 0.1) is 17.2 Å². The summed E-state index contributed by atoms with van der Waals surface area (Å²) in [5.41, 5.74) is 3.06. The van der Waals surface area contributed by atoms with E-state index in [2.05, 4.69) is 16.0 Å². The van der Waals surface area contributed by atoms with Crippen LogP contribution in [0.2, 0.25) is 0 Å². The number of aromatic nitrogens is 1. The molecule has 0 fully saturated rings. The first-order valence-electron chi connectivity index (χ1n) is 11.1. The molecule has 170 valence electrons. The van der Waals surface area contributed by atoms with Crippen LogP contribution in [0.15, 0.2) is 95.2 Å². The molecule has 0 N–H and O–H groups in total. The largest absolute Gasteiger partial charge is 0.339 e. The van der Waals surface area contributed by atoms with Crippen LogP contribution in [0.25, 0.3) is 0 Å². The molecule has 34 heavy (non-hydrogen) atoms. The summed E-state index contributed by atoms with van der Waals surface area (Å²) in [6.45, 7) is 0.953. The van der Waals surface area contributed by atoms with Crippen molar-refractivity contribution in [3.63, 3.8) is 0 Å². The molecule has 2 aliphatic heterocycles. The molecule has 0 spiro atoms. The first-order valence-corrected chi connectivity index (χ1v) is 12.7. The van der Waals surface area contributed by atoms with E-state index in [1.807, 2.05) is 53.4 Å². The number of nitrogens with zero attached hydrogens (tertiary/aromatic N) is 5. The van der Waals surface area contributed by atoms with Gasteiger partial charge in [0.25, 0.3) is 0 Å². The van der Waals surface area contributed by atoms with Crippen molar-refractivity contribution in [2.24, 2.45) is 10.9 Å². The number of rotatable bonds is 4. The summed E-state index contributed by atoms with van der Waals surface area (Å²) in [5.74, 6) is 0.899. The van der Waals surface area contributed by atoms with Crippen molar-refractivity contribution in [1.82, 2.24) is 4.98 Å². The Morgan fingerprint density at radius 3 is 2.76 bits per heavy atom. The van der Waals surface area contributed by atoms with Crippen LogP contribution in [-0.2, 0) is 9.84 Å². The molecule has 3 heterocycles. The fourth-order valence-electron chi connectivity index (χ4n) is 4.47. The van der Waals surface area contributed by atoms with Gasteiger partial charge in [-0.05, 0) is 48.9 Å². The van der Waals surface area contributed by atoms with Crippen molar-refractivity contribution in [3.05, 3.63) is 90.9 Å². The highest BCUT2D eigenvalue weighted by Gasteiger charge is 2.34. The normalized spacial score (nSPS) is 18.5. The molecule has 0 saturated carbocycles. The maximum atomic E-state index is 12.7. The highest BCUT2D eigenvalue weighted by atomic mass is 32.2. The molecule has 1 atom stereocenters. The second-order valence-electron chi connectivity index (χ2n) is 8.23. The van der Waals surface area contributed by atoms with Gasteiger partial charge >= 0.3 is 0 Å². The number of allylic oxidation sites excluding steroid dienone is 1. The summed E-state index contributed by atoms with van der Waals surface area (Å²) in [5, 5.41) is 9.42. The van der Waals surface area contributed by atoms with Gasteiger partial charge in [0, 0.05) is 37.1 Å². The average Bonchev–Trinajstić information content (AvgIpc) is 2.88. The lowest BCUT2D eigenvalue weighted by Crippen LogP contribution is -2.46. The Morgan fingerprint density at radius 2 is 1.94 bits per heavy atom. The van der Waals surface area contributed by atoms with E-state index in [-0.39, 0.29) is 11.7 Å². The van der Waals surface area contributed by atoms with Crippen LogP contribution in [0.1, 0.15) is 12.0 Å². The molecule has 1 unspecified atom stereocenters. The molecular weight excluding hydrogens is 446 g/mol. The molecule has 0 aliphatic carbocycles. The maximum absolute atomic E-state index is 12.7. The number of benzene rings is 2. The predicted molar refractivity (Wildman–Crippen MR) is 133 cm³/mol. The third-order valence-electron chi connectivity index (χ3n) is 6.10. The molecule has 8 heteroatoms. The lowest BCUT2D eigenvalue weighted by Gasteiger charge is -2.37. The van der Waals surface area contributed by atoms with Crippen LogP contribution < -0.4 is 9.80 Å². The Labute approximate surface area is 199 Å². The van der Waals surface area contributed by atoms with E-state index in [0.717, 1.165) is 23.6 Å². The Kier molecular flexibility index (Phi) is 5.86. The zero-order chi connectivity index (χ0) is 23.5. The highest BCUT2D eigenvalue weighted by molar-refractivity contribution is 7.91. The van der Waals surface area contributed by atoms with Crippen molar-refractivity contribution in [3.8, 4) is 6.07 Å². The fraction of sp³-hybridized carbons (Fsp3) is 0.192. The minimum atomic E-state index is -3.31. The molecule has 0 saturated heterocycles. The summed E-state index contributed by atoms with van der Waals surface area (Å²) in [4.78, 5) is 13.5. The summed E-state index contributed by atoms with van der Waals surface area (Å²) >= 11 is 0. The van der Waals surface area contributed by atoms with E-state index in [9.17, 15) is 13.7 Å². The molecule has 2 aliphatic rings. The van der Waals surface area contributed by atoms with Gasteiger partial charge in [-0.25, -0.2) is 13.4 Å². The smallest absolute Gasteiger partial charge is 0.182 e. The molecule has 3 aromatic rings. The standard InChI is InChI=1S/C26H23N5O2S/c27-17-20-6-3-8-22(16-20)31(23-9-5-12-28-18-23)19-21-7-4-13-29-26(21)30-14-15-34(32,33)25-11-2-1-10-24(25)30/h1-6,8-13,16,18,21H,7,14-15,19H2. The van der Waals surface area contributed by atoms with Crippen molar-refractivity contribution in [2.75, 3.05) is 28.6 Å². The van der Waals surface area contributed by atoms with E-state index in [1.165, 1.54) is 0 Å². The molecule has 0 amide bonds. The Morgan fingerprint density at radius 1 is 1.09 bits per heavy atom. The molecule has 1 aromatic heterocycles. The van der Waals surface area contributed by atoms with Crippen molar-refractivity contribution in [2.45, 2.75) is 11.3 Å². The van der Waals surface area contributed by atoms with E-state index < -0.39 is 9.84 Å². The second-order valence-corrected chi connectivity index (χ2v) is 10.3. The topological polar surface area (TPSA) is 89.7 Å². The number of sulfone groups is 1. The minimum absolute atomic E-state index is 0.00445. The first-order chi connectivity index (χ1) is 16.6. The molecular formula is C26H23N5O2S. The number of nitriles is 1. The van der Waals surface area contributed by atoms with E-state index in [4.69, 9.17) is 4.99 Å². The molecule has 5 rings (SSSR count). The van der Waals surface area contributed by atoms with Crippen LogP contribution in [-0.4, -0.2) is 38.1 Å². The number of hydrogen-bond acceptors (Lipinski definition) is 7. The van der Waals surface area contributed by atoms with Gasteiger partial charge in [0.15, 0.2) is 9.84 Å². The number of hydrogen-bond donors (Lipinski definition) is 0. The second kappa shape index (κ2) is 9.12. The van der Waals surface area contributed by atoms with Gasteiger partial charge in [-0.1, -0.05) is 24.3 Å². The predicted octanol–water partition coefficient (Wildman–Crippen LogP) is 4.32. The summed E-state index contributed by atoms with van der Waals surface area (Å²) in [6.07, 6.45) is 8.13. The van der Waals surface area contributed by atoms with Crippen molar-refractivity contribution >= 4 is 32.7 Å². The minimum Gasteiger partial charge on any atom is -0.339 e. The number of aliphatic imine (C=N–C) groups is 1. The Bertz CT molecular complexity index is 1410. The summed E-state index contributed by atoms with van der Waals surface area (Å²) in [7, 11) is -3.31. The van der Waals surface area contributed by atoms with Gasteiger partial charge in [0.2, 0.25) is 0 Å². The number of anilines is 3. The number of amidine groups is 1. The average molecular weight is 470 g/mol. The van der Waals surface area contributed by atoms with Crippen LogP contribution >= 0.6 is 0 Å². The van der Waals surface area contributed by atoms with Crippen molar-refractivity contribution < 1.29 is 8.42 Å². The zero-order valence-corrected chi connectivity index (χ0v) is 19.3. The number of pyridine rings is 1. The first kappa shape index (κ1) is 21.9. The summed E-state index contributed by atoms with van der Waals surface area (Å²) in [6, 6.07) is 20.7. The lowest BCUT2D eigenvalue weighted by molar-refractivity contribution is 0.591. The van der Waals surface area contributed by atoms with Crippen molar-refractivity contribution in [1.29, 1.82) is 5.26 Å². The molecule has 2 aromatic carbocycles. The van der Waals surface area contributed by atoms with E-state index in [0.29, 0.717) is 29.2 Å². The van der Waals surface area contributed by atoms with Gasteiger partial charge in [0.05, 0.1) is 39.9 Å². The van der Waals surface area contributed by atoms with Gasteiger partial charge in [-0.2, -0.15) is 5.26 Å². The third-order valence-corrected chi connectivity index (χ3v) is 7.83. The van der Waals surface area contributed by atoms with Crippen LogP contribution in [0.3, 0.4) is 0 Å². The van der Waals surface area contributed by atoms with Gasteiger partial charge in [-0.15, -0.1) is 0 Å². The van der Waals surface area contributed by atoms with Gasteiger partial charge < -0.3 is 9.80 Å². The third kappa shape index (κ3) is 4.18. The monoisotopic (exact) mass is 469 g/mol. The summed E-state index contributed by atoms with van der Waals surface area (Å²) < 4.78 is 25.3. The van der Waals surface area contributed by atoms with Crippen LogP contribution in [0.4, 0.5) is 17.1 Å². The van der Waals surface area contributed by atoms with Gasteiger partial charge in [0.1, 0.15) is 5.84 Å². The fourth-order valence-corrected chi connectivity index (χ4v) is 5.90. The Balaban J connectivity index is 1.53. The molecule has 7 nitrogen and oxygen atoms in total. The maximum Gasteiger partial charge on any atom is 0.182 e.